The Hall–Kier alpha value is -1.30. The first-order valence-corrected chi connectivity index (χ1v) is 6.48. The van der Waals surface area contributed by atoms with E-state index in [1.807, 2.05) is 0 Å². The van der Waals surface area contributed by atoms with E-state index in [-0.39, 0.29) is 12.6 Å². The number of carbonyl (C=O) groups is 2. The SMILES string of the molecule is CNC(=O)NCCCCCCCCOCC(N)=O. The number of hydrogen-bond acceptors (Lipinski definition) is 3. The van der Waals surface area contributed by atoms with Gasteiger partial charge in [0.05, 0.1) is 0 Å². The van der Waals surface area contributed by atoms with E-state index in [1.54, 1.807) is 7.05 Å². The monoisotopic (exact) mass is 259 g/mol. The van der Waals surface area contributed by atoms with Crippen LogP contribution >= 0.6 is 0 Å². The van der Waals surface area contributed by atoms with Crippen LogP contribution in [0.5, 0.6) is 0 Å². The lowest BCUT2D eigenvalue weighted by molar-refractivity contribution is -0.122. The Balaban J connectivity index is 3.03. The van der Waals surface area contributed by atoms with E-state index in [1.165, 1.54) is 0 Å². The number of nitrogens with one attached hydrogen (secondary N) is 2. The molecule has 0 atom stereocenters. The number of unbranched alkanes of at least 4 members (excludes halogenated alkanes) is 5. The van der Waals surface area contributed by atoms with Gasteiger partial charge >= 0.3 is 6.03 Å². The zero-order chi connectivity index (χ0) is 13.6. The fourth-order valence-corrected chi connectivity index (χ4v) is 1.50. The molecule has 6 heteroatoms. The fraction of sp³-hybridized carbons (Fsp3) is 0.833. The molecule has 0 aromatic carbocycles. The third-order valence-corrected chi connectivity index (χ3v) is 2.47. The summed E-state index contributed by atoms with van der Waals surface area (Å²) in [6, 6.07) is -0.124. The summed E-state index contributed by atoms with van der Waals surface area (Å²) in [6.07, 6.45) is 6.49. The maximum atomic E-state index is 10.8. The van der Waals surface area contributed by atoms with Crippen molar-refractivity contribution >= 4 is 11.9 Å². The number of primary amides is 1. The molecule has 0 aromatic rings. The van der Waals surface area contributed by atoms with E-state index in [4.69, 9.17) is 10.5 Å². The van der Waals surface area contributed by atoms with Crippen molar-refractivity contribution in [3.05, 3.63) is 0 Å². The number of hydrogen-bond donors (Lipinski definition) is 3. The molecule has 106 valence electrons. The Labute approximate surface area is 109 Å². The average molecular weight is 259 g/mol. The van der Waals surface area contributed by atoms with Crippen LogP contribution in [0.25, 0.3) is 0 Å². The lowest BCUT2D eigenvalue weighted by Gasteiger charge is -2.04. The first-order valence-electron chi connectivity index (χ1n) is 6.48. The van der Waals surface area contributed by atoms with Crippen LogP contribution in [0.3, 0.4) is 0 Å². The highest BCUT2D eigenvalue weighted by Gasteiger charge is 1.96. The highest BCUT2D eigenvalue weighted by atomic mass is 16.5. The van der Waals surface area contributed by atoms with Gasteiger partial charge in [0, 0.05) is 20.2 Å². The first kappa shape index (κ1) is 16.7. The molecule has 18 heavy (non-hydrogen) atoms. The summed E-state index contributed by atoms with van der Waals surface area (Å²) < 4.78 is 5.05. The number of carbonyl (C=O) groups excluding carboxylic acids is 2. The molecule has 0 spiro atoms. The zero-order valence-corrected chi connectivity index (χ0v) is 11.2. The average Bonchev–Trinajstić information content (AvgIpc) is 2.35. The molecule has 4 N–H and O–H groups in total. The van der Waals surface area contributed by atoms with Crippen molar-refractivity contribution in [2.45, 2.75) is 38.5 Å². The van der Waals surface area contributed by atoms with Gasteiger partial charge in [-0.15, -0.1) is 0 Å². The van der Waals surface area contributed by atoms with E-state index < -0.39 is 5.91 Å². The summed E-state index contributed by atoms with van der Waals surface area (Å²) in [7, 11) is 1.61. The van der Waals surface area contributed by atoms with Crippen molar-refractivity contribution in [1.82, 2.24) is 10.6 Å². The van der Waals surface area contributed by atoms with Crippen molar-refractivity contribution in [1.29, 1.82) is 0 Å². The summed E-state index contributed by atoms with van der Waals surface area (Å²) in [5.41, 5.74) is 4.93. The summed E-state index contributed by atoms with van der Waals surface area (Å²) >= 11 is 0. The molecule has 0 aliphatic heterocycles. The standard InChI is InChI=1S/C12H25N3O3/c1-14-12(17)15-8-6-4-2-3-5-7-9-18-10-11(13)16/h2-10H2,1H3,(H2,13,16)(H2,14,15,17). The molecule has 0 radical (unpaired) electrons. The second-order valence-corrected chi connectivity index (χ2v) is 4.15. The molecule has 0 saturated heterocycles. The summed E-state index contributed by atoms with van der Waals surface area (Å²) in [5, 5.41) is 5.25. The van der Waals surface area contributed by atoms with Gasteiger partial charge in [-0.05, 0) is 12.8 Å². The Morgan fingerprint density at radius 1 is 1.06 bits per heavy atom. The van der Waals surface area contributed by atoms with E-state index in [2.05, 4.69) is 10.6 Å². The molecule has 0 unspecified atom stereocenters. The highest BCUT2D eigenvalue weighted by Crippen LogP contribution is 2.04. The predicted octanol–water partition coefficient (Wildman–Crippen LogP) is 0.758. The van der Waals surface area contributed by atoms with E-state index in [0.29, 0.717) is 6.61 Å². The molecule has 0 aliphatic rings. The normalized spacial score (nSPS) is 10.1. The van der Waals surface area contributed by atoms with Crippen molar-refractivity contribution in [3.63, 3.8) is 0 Å². The molecule has 6 nitrogen and oxygen atoms in total. The molecule has 0 bridgehead atoms. The number of ether oxygens (including phenoxy) is 1. The van der Waals surface area contributed by atoms with Gasteiger partial charge in [0.15, 0.2) is 0 Å². The van der Waals surface area contributed by atoms with Gasteiger partial charge in [-0.25, -0.2) is 4.79 Å². The van der Waals surface area contributed by atoms with Crippen molar-refractivity contribution in [2.75, 3.05) is 26.8 Å². The van der Waals surface area contributed by atoms with Crippen molar-refractivity contribution in [2.24, 2.45) is 5.73 Å². The summed E-state index contributed by atoms with van der Waals surface area (Å²) in [4.78, 5) is 21.2. The van der Waals surface area contributed by atoms with Crippen LogP contribution in [0.4, 0.5) is 4.79 Å². The molecule has 0 aromatic heterocycles. The van der Waals surface area contributed by atoms with Crippen molar-refractivity contribution < 1.29 is 14.3 Å². The van der Waals surface area contributed by atoms with Crippen LogP contribution in [-0.2, 0) is 9.53 Å². The van der Waals surface area contributed by atoms with Crippen LogP contribution in [0.15, 0.2) is 0 Å². The molecular formula is C12H25N3O3. The molecule has 0 rings (SSSR count). The maximum absolute atomic E-state index is 10.8. The minimum absolute atomic E-state index is 0.0190. The lowest BCUT2D eigenvalue weighted by atomic mass is 10.1. The second-order valence-electron chi connectivity index (χ2n) is 4.15. The van der Waals surface area contributed by atoms with Gasteiger partial charge in [-0.2, -0.15) is 0 Å². The van der Waals surface area contributed by atoms with Crippen LogP contribution in [0.2, 0.25) is 0 Å². The summed E-state index contributed by atoms with van der Waals surface area (Å²) in [6.45, 7) is 1.34. The minimum atomic E-state index is -0.418. The van der Waals surface area contributed by atoms with E-state index >= 15 is 0 Å². The number of amides is 3. The Kier molecular flexibility index (Phi) is 11.3. The van der Waals surface area contributed by atoms with Gasteiger partial charge in [0.1, 0.15) is 6.61 Å². The van der Waals surface area contributed by atoms with Gasteiger partial charge in [-0.1, -0.05) is 25.7 Å². The molecule has 0 saturated carbocycles. The molecule has 0 fully saturated rings. The van der Waals surface area contributed by atoms with Crippen molar-refractivity contribution in [3.8, 4) is 0 Å². The van der Waals surface area contributed by atoms with E-state index in [0.717, 1.165) is 45.1 Å². The molecule has 3 amide bonds. The molecular weight excluding hydrogens is 234 g/mol. The second kappa shape index (κ2) is 12.2. The minimum Gasteiger partial charge on any atom is -0.372 e. The quantitative estimate of drug-likeness (QED) is 0.478. The van der Waals surface area contributed by atoms with Crippen LogP contribution < -0.4 is 16.4 Å². The smallest absolute Gasteiger partial charge is 0.314 e. The summed E-state index contributed by atoms with van der Waals surface area (Å²) in [5.74, 6) is -0.418. The van der Waals surface area contributed by atoms with Gasteiger partial charge in [0.2, 0.25) is 5.91 Å². The van der Waals surface area contributed by atoms with Crippen LogP contribution in [0, 0.1) is 0 Å². The third-order valence-electron chi connectivity index (χ3n) is 2.47. The van der Waals surface area contributed by atoms with Gasteiger partial charge < -0.3 is 21.1 Å². The largest absolute Gasteiger partial charge is 0.372 e. The Morgan fingerprint density at radius 2 is 1.67 bits per heavy atom. The van der Waals surface area contributed by atoms with Gasteiger partial charge in [0.25, 0.3) is 0 Å². The third kappa shape index (κ3) is 12.8. The number of rotatable bonds is 11. The van der Waals surface area contributed by atoms with Gasteiger partial charge in [-0.3, -0.25) is 4.79 Å². The Morgan fingerprint density at radius 3 is 2.28 bits per heavy atom. The Bertz CT molecular complexity index is 235. The molecule has 0 heterocycles. The maximum Gasteiger partial charge on any atom is 0.314 e. The van der Waals surface area contributed by atoms with Crippen LogP contribution in [-0.4, -0.2) is 38.7 Å². The number of urea groups is 1. The predicted molar refractivity (Wildman–Crippen MR) is 70.2 cm³/mol. The highest BCUT2D eigenvalue weighted by molar-refractivity contribution is 5.75. The lowest BCUT2D eigenvalue weighted by Crippen LogP contribution is -2.33. The zero-order valence-electron chi connectivity index (χ0n) is 11.2. The molecule has 0 aliphatic carbocycles. The fourth-order valence-electron chi connectivity index (χ4n) is 1.50. The first-order chi connectivity index (χ1) is 8.66. The van der Waals surface area contributed by atoms with Crippen LogP contribution in [0.1, 0.15) is 38.5 Å². The topological polar surface area (TPSA) is 93.4 Å². The number of nitrogens with two attached hydrogens (primary N) is 1. The van der Waals surface area contributed by atoms with E-state index in [9.17, 15) is 9.59 Å².